The second-order valence-corrected chi connectivity index (χ2v) is 8.18. The van der Waals surface area contributed by atoms with E-state index in [1.165, 1.54) is 6.08 Å². The molecule has 2 aromatic carbocycles. The van der Waals surface area contributed by atoms with Gasteiger partial charge in [-0.05, 0) is 57.4 Å². The van der Waals surface area contributed by atoms with E-state index in [2.05, 4.69) is 37.2 Å². The maximum absolute atomic E-state index is 12.2. The predicted octanol–water partition coefficient (Wildman–Crippen LogP) is 4.42. The summed E-state index contributed by atoms with van der Waals surface area (Å²) in [5.41, 5.74) is 1.45. The van der Waals surface area contributed by atoms with Crippen LogP contribution in [0.1, 0.15) is 11.1 Å². The van der Waals surface area contributed by atoms with Crippen LogP contribution >= 0.6 is 43.5 Å². The summed E-state index contributed by atoms with van der Waals surface area (Å²) in [5, 5.41) is 11.5. The molecule has 150 valence electrons. The summed E-state index contributed by atoms with van der Waals surface area (Å²) in [5.74, 6) is -1.57. The van der Waals surface area contributed by atoms with Crippen molar-refractivity contribution in [3.63, 3.8) is 0 Å². The molecule has 0 aromatic heterocycles. The number of hydrogen-bond acceptors (Lipinski definition) is 4. The Morgan fingerprint density at radius 1 is 1.21 bits per heavy atom. The SMILES string of the molecule is O=C(O)CN1C(=O)N/C(=C/c2cc(Cl)c(OCc3ccc(Br)cc3)c(Br)c2)C1=O. The molecule has 10 heteroatoms. The summed E-state index contributed by atoms with van der Waals surface area (Å²) in [6.45, 7) is -0.403. The Hall–Kier alpha value is -2.36. The largest absolute Gasteiger partial charge is 0.486 e. The minimum absolute atomic E-state index is 0.0391. The van der Waals surface area contributed by atoms with Crippen molar-refractivity contribution in [2.24, 2.45) is 0 Å². The molecule has 0 spiro atoms. The predicted molar refractivity (Wildman–Crippen MR) is 113 cm³/mol. The first-order valence-electron chi connectivity index (χ1n) is 8.17. The molecular formula is C19H13Br2ClN2O5. The number of ether oxygens (including phenoxy) is 1. The number of carboxylic acids is 1. The first-order valence-corrected chi connectivity index (χ1v) is 10.1. The van der Waals surface area contributed by atoms with Crippen molar-refractivity contribution < 1.29 is 24.2 Å². The molecule has 3 amide bonds. The third kappa shape index (κ3) is 5.17. The number of rotatable bonds is 6. The van der Waals surface area contributed by atoms with Crippen LogP contribution in [-0.2, 0) is 16.2 Å². The molecule has 1 fully saturated rings. The molecule has 3 rings (SSSR count). The van der Waals surface area contributed by atoms with Gasteiger partial charge in [0.1, 0.15) is 18.8 Å². The summed E-state index contributed by atoms with van der Waals surface area (Å²) in [7, 11) is 0. The number of urea groups is 1. The second-order valence-electron chi connectivity index (χ2n) is 6.00. The molecule has 29 heavy (non-hydrogen) atoms. The zero-order chi connectivity index (χ0) is 21.1. The summed E-state index contributed by atoms with van der Waals surface area (Å²) in [6.07, 6.45) is 1.41. The number of hydrogen-bond donors (Lipinski definition) is 2. The van der Waals surface area contributed by atoms with Crippen LogP contribution in [0.15, 0.2) is 51.0 Å². The zero-order valence-corrected chi connectivity index (χ0v) is 18.5. The number of amides is 3. The van der Waals surface area contributed by atoms with E-state index in [4.69, 9.17) is 21.4 Å². The van der Waals surface area contributed by atoms with Gasteiger partial charge in [0.2, 0.25) is 0 Å². The smallest absolute Gasteiger partial charge is 0.329 e. The number of imide groups is 1. The van der Waals surface area contributed by atoms with Gasteiger partial charge in [-0.25, -0.2) is 9.69 Å². The summed E-state index contributed by atoms with van der Waals surface area (Å²) >= 11 is 13.1. The molecule has 1 saturated heterocycles. The van der Waals surface area contributed by atoms with Crippen LogP contribution in [0, 0.1) is 0 Å². The van der Waals surface area contributed by atoms with Crippen molar-refractivity contribution in [2.45, 2.75) is 6.61 Å². The molecule has 0 bridgehead atoms. The van der Waals surface area contributed by atoms with Gasteiger partial charge in [0, 0.05) is 4.47 Å². The van der Waals surface area contributed by atoms with Crippen LogP contribution in [0.4, 0.5) is 4.79 Å². The van der Waals surface area contributed by atoms with Gasteiger partial charge in [-0.2, -0.15) is 0 Å². The van der Waals surface area contributed by atoms with E-state index in [-0.39, 0.29) is 5.70 Å². The quantitative estimate of drug-likeness (QED) is 0.415. The monoisotopic (exact) mass is 542 g/mol. The molecule has 1 heterocycles. The van der Waals surface area contributed by atoms with Crippen molar-refractivity contribution in [3.05, 3.63) is 67.2 Å². The number of carbonyl (C=O) groups excluding carboxylic acids is 2. The van der Waals surface area contributed by atoms with Gasteiger partial charge in [-0.3, -0.25) is 9.59 Å². The fourth-order valence-corrected chi connectivity index (χ4v) is 3.81. The third-order valence-corrected chi connectivity index (χ3v) is 5.28. The van der Waals surface area contributed by atoms with E-state index < -0.39 is 24.5 Å². The van der Waals surface area contributed by atoms with Crippen molar-refractivity contribution >= 4 is 67.4 Å². The molecule has 0 saturated carbocycles. The van der Waals surface area contributed by atoms with Crippen LogP contribution < -0.4 is 10.1 Å². The lowest BCUT2D eigenvalue weighted by atomic mass is 10.1. The Labute approximate surface area is 187 Å². The molecule has 2 N–H and O–H groups in total. The zero-order valence-electron chi connectivity index (χ0n) is 14.6. The van der Waals surface area contributed by atoms with E-state index in [0.717, 1.165) is 10.0 Å². The highest BCUT2D eigenvalue weighted by Crippen LogP contribution is 2.36. The lowest BCUT2D eigenvalue weighted by Gasteiger charge is -2.11. The van der Waals surface area contributed by atoms with Gasteiger partial charge in [-0.15, -0.1) is 0 Å². The van der Waals surface area contributed by atoms with Crippen molar-refractivity contribution in [1.82, 2.24) is 10.2 Å². The summed E-state index contributed by atoms with van der Waals surface area (Å²) < 4.78 is 7.32. The average molecular weight is 545 g/mol. The minimum atomic E-state index is -1.28. The molecule has 0 aliphatic carbocycles. The minimum Gasteiger partial charge on any atom is -0.486 e. The Morgan fingerprint density at radius 2 is 1.90 bits per heavy atom. The number of halogens is 3. The van der Waals surface area contributed by atoms with Gasteiger partial charge in [-0.1, -0.05) is 39.7 Å². The molecule has 2 aromatic rings. The second kappa shape index (κ2) is 8.98. The Morgan fingerprint density at radius 3 is 2.52 bits per heavy atom. The topological polar surface area (TPSA) is 95.9 Å². The van der Waals surface area contributed by atoms with Crippen LogP contribution in [-0.4, -0.2) is 34.5 Å². The standard InChI is InChI=1S/C19H13Br2ClN2O5/c20-12-3-1-10(2-4-12)9-29-17-13(21)5-11(6-14(17)22)7-15-18(27)24(8-16(25)26)19(28)23-15/h1-7H,8-9H2,(H,23,28)(H,25,26)/b15-7+. The molecule has 1 aliphatic rings. The van der Waals surface area contributed by atoms with E-state index in [9.17, 15) is 14.4 Å². The number of carboxylic acid groups (broad SMARTS) is 1. The van der Waals surface area contributed by atoms with Crippen molar-refractivity contribution in [1.29, 1.82) is 0 Å². The van der Waals surface area contributed by atoms with E-state index in [0.29, 0.717) is 32.3 Å². The normalized spacial score (nSPS) is 15.0. The molecule has 0 radical (unpaired) electrons. The van der Waals surface area contributed by atoms with Crippen molar-refractivity contribution in [2.75, 3.05) is 6.54 Å². The maximum Gasteiger partial charge on any atom is 0.329 e. The van der Waals surface area contributed by atoms with Gasteiger partial charge in [0.25, 0.3) is 5.91 Å². The van der Waals surface area contributed by atoms with Gasteiger partial charge < -0.3 is 15.2 Å². The molecule has 0 atom stereocenters. The number of benzene rings is 2. The van der Waals surface area contributed by atoms with E-state index >= 15 is 0 Å². The number of nitrogens with zero attached hydrogens (tertiary/aromatic N) is 1. The Bertz CT molecular complexity index is 1000. The number of carbonyl (C=O) groups is 3. The molecule has 0 unspecified atom stereocenters. The highest BCUT2D eigenvalue weighted by molar-refractivity contribution is 9.10. The number of aliphatic carboxylic acids is 1. The highest BCUT2D eigenvalue weighted by Gasteiger charge is 2.34. The number of nitrogens with one attached hydrogen (secondary N) is 1. The Kier molecular flexibility index (Phi) is 6.61. The summed E-state index contributed by atoms with van der Waals surface area (Å²) in [6, 6.07) is 10.1. The van der Waals surface area contributed by atoms with Gasteiger partial charge in [0.15, 0.2) is 5.75 Å². The lowest BCUT2D eigenvalue weighted by molar-refractivity contribution is -0.140. The van der Waals surface area contributed by atoms with Crippen LogP contribution in [0.25, 0.3) is 6.08 Å². The third-order valence-electron chi connectivity index (χ3n) is 3.88. The maximum atomic E-state index is 12.2. The molecule has 1 aliphatic heterocycles. The van der Waals surface area contributed by atoms with Crippen LogP contribution in [0.3, 0.4) is 0 Å². The fraction of sp³-hybridized carbons (Fsp3) is 0.105. The van der Waals surface area contributed by atoms with Crippen LogP contribution in [0.2, 0.25) is 5.02 Å². The summed E-state index contributed by atoms with van der Waals surface area (Å²) in [4.78, 5) is 35.4. The van der Waals surface area contributed by atoms with E-state index in [1.807, 2.05) is 24.3 Å². The first-order chi connectivity index (χ1) is 13.7. The van der Waals surface area contributed by atoms with Gasteiger partial charge >= 0.3 is 12.0 Å². The average Bonchev–Trinajstić information content (AvgIpc) is 2.89. The van der Waals surface area contributed by atoms with Crippen molar-refractivity contribution in [3.8, 4) is 5.75 Å². The first kappa shape index (κ1) is 21.4. The van der Waals surface area contributed by atoms with Crippen LogP contribution in [0.5, 0.6) is 5.75 Å². The highest BCUT2D eigenvalue weighted by atomic mass is 79.9. The fourth-order valence-electron chi connectivity index (χ4n) is 2.55. The molecular weight excluding hydrogens is 531 g/mol. The molecule has 7 nitrogen and oxygen atoms in total. The lowest BCUT2D eigenvalue weighted by Crippen LogP contribution is -2.35. The van der Waals surface area contributed by atoms with Gasteiger partial charge in [0.05, 0.1) is 9.50 Å². The van der Waals surface area contributed by atoms with E-state index in [1.54, 1.807) is 12.1 Å². The Balaban J connectivity index is 1.77.